The van der Waals surface area contributed by atoms with Crippen molar-refractivity contribution in [2.45, 2.75) is 26.4 Å². The molecule has 0 N–H and O–H groups in total. The number of ether oxygens (including phenoxy) is 1. The van der Waals surface area contributed by atoms with Gasteiger partial charge >= 0.3 is 5.97 Å². The molecular formula is C20H25NO2. The quantitative estimate of drug-likeness (QED) is 0.680. The van der Waals surface area contributed by atoms with Gasteiger partial charge in [0.15, 0.2) is 0 Å². The minimum Gasteiger partial charge on any atom is -0.454 e. The Morgan fingerprint density at radius 2 is 1.52 bits per heavy atom. The van der Waals surface area contributed by atoms with Gasteiger partial charge in [-0.15, -0.1) is 0 Å². The minimum absolute atomic E-state index is 0.218. The van der Waals surface area contributed by atoms with Crippen LogP contribution < -0.4 is 0 Å². The fourth-order valence-electron chi connectivity index (χ4n) is 2.57. The minimum atomic E-state index is -0.265. The average Bonchev–Trinajstić information content (AvgIpc) is 2.63. The van der Waals surface area contributed by atoms with Crippen LogP contribution in [-0.4, -0.2) is 30.5 Å². The highest BCUT2D eigenvalue weighted by molar-refractivity contribution is 5.89. The Morgan fingerprint density at radius 3 is 2.09 bits per heavy atom. The molecule has 0 aliphatic rings. The highest BCUT2D eigenvalue weighted by Gasteiger charge is 2.18. The molecule has 3 heteroatoms. The van der Waals surface area contributed by atoms with E-state index in [9.17, 15) is 4.79 Å². The molecule has 0 aromatic heterocycles. The summed E-state index contributed by atoms with van der Waals surface area (Å²) >= 11 is 0. The lowest BCUT2D eigenvalue weighted by molar-refractivity contribution is 0.0253. The monoisotopic (exact) mass is 311 g/mol. The van der Waals surface area contributed by atoms with Gasteiger partial charge in [0.2, 0.25) is 0 Å². The van der Waals surface area contributed by atoms with Crippen molar-refractivity contribution in [3.05, 3.63) is 71.8 Å². The number of nitrogens with zero attached hydrogens (tertiary/aromatic N) is 1. The van der Waals surface area contributed by atoms with E-state index in [0.29, 0.717) is 5.56 Å². The first-order valence-corrected chi connectivity index (χ1v) is 8.28. The summed E-state index contributed by atoms with van der Waals surface area (Å²) in [6.45, 7) is 7.22. The van der Waals surface area contributed by atoms with E-state index >= 15 is 0 Å². The smallest absolute Gasteiger partial charge is 0.338 e. The number of hydrogen-bond donors (Lipinski definition) is 0. The second kappa shape index (κ2) is 9.11. The van der Waals surface area contributed by atoms with Crippen molar-refractivity contribution in [2.24, 2.45) is 0 Å². The standard InChI is InChI=1S/C20H25NO2/c1-3-21(4-2)16-15-19(17-11-7-5-8-12-17)23-20(22)18-13-9-6-10-14-18/h5-14,19H,3-4,15-16H2,1-2H3/t19-/m0/s1. The molecule has 0 unspecified atom stereocenters. The Morgan fingerprint density at radius 1 is 0.957 bits per heavy atom. The van der Waals surface area contributed by atoms with Crippen molar-refractivity contribution in [1.82, 2.24) is 4.90 Å². The van der Waals surface area contributed by atoms with Gasteiger partial charge < -0.3 is 9.64 Å². The number of hydrogen-bond acceptors (Lipinski definition) is 3. The van der Waals surface area contributed by atoms with Crippen LogP contribution >= 0.6 is 0 Å². The number of carbonyl (C=O) groups excluding carboxylic acids is 1. The maximum atomic E-state index is 12.4. The molecule has 2 aromatic carbocycles. The van der Waals surface area contributed by atoms with Crippen LogP contribution in [-0.2, 0) is 4.74 Å². The van der Waals surface area contributed by atoms with Crippen LogP contribution in [0.3, 0.4) is 0 Å². The van der Waals surface area contributed by atoms with Crippen molar-refractivity contribution in [3.63, 3.8) is 0 Å². The summed E-state index contributed by atoms with van der Waals surface area (Å²) in [7, 11) is 0. The molecule has 0 aliphatic carbocycles. The first-order valence-electron chi connectivity index (χ1n) is 8.28. The van der Waals surface area contributed by atoms with Crippen molar-refractivity contribution >= 4 is 5.97 Å². The molecule has 0 spiro atoms. The molecule has 0 fully saturated rings. The zero-order chi connectivity index (χ0) is 16.5. The lowest BCUT2D eigenvalue weighted by atomic mass is 10.1. The Balaban J connectivity index is 2.09. The second-order valence-corrected chi connectivity index (χ2v) is 5.49. The van der Waals surface area contributed by atoms with Gasteiger partial charge in [0.05, 0.1) is 5.56 Å². The van der Waals surface area contributed by atoms with Gasteiger partial charge in [0.1, 0.15) is 6.10 Å². The van der Waals surface area contributed by atoms with Crippen LogP contribution in [0, 0.1) is 0 Å². The second-order valence-electron chi connectivity index (χ2n) is 5.49. The van der Waals surface area contributed by atoms with Crippen molar-refractivity contribution < 1.29 is 9.53 Å². The number of benzene rings is 2. The molecule has 1 atom stereocenters. The maximum absolute atomic E-state index is 12.4. The van der Waals surface area contributed by atoms with E-state index < -0.39 is 0 Å². The lowest BCUT2D eigenvalue weighted by Gasteiger charge is -2.23. The largest absolute Gasteiger partial charge is 0.454 e. The van der Waals surface area contributed by atoms with Gasteiger partial charge in [0, 0.05) is 13.0 Å². The molecule has 0 saturated carbocycles. The Hall–Kier alpha value is -2.13. The normalized spacial score (nSPS) is 12.1. The highest BCUT2D eigenvalue weighted by atomic mass is 16.5. The molecule has 122 valence electrons. The van der Waals surface area contributed by atoms with Gasteiger partial charge in [-0.3, -0.25) is 0 Å². The Labute approximate surface area is 138 Å². The zero-order valence-corrected chi connectivity index (χ0v) is 13.9. The predicted molar refractivity (Wildman–Crippen MR) is 93.4 cm³/mol. The maximum Gasteiger partial charge on any atom is 0.338 e. The Bertz CT molecular complexity index is 579. The van der Waals surface area contributed by atoms with E-state index in [0.717, 1.165) is 31.6 Å². The lowest BCUT2D eigenvalue weighted by Crippen LogP contribution is -2.26. The van der Waals surface area contributed by atoms with Crippen molar-refractivity contribution in [3.8, 4) is 0 Å². The molecule has 3 nitrogen and oxygen atoms in total. The molecule has 0 radical (unpaired) electrons. The van der Waals surface area contributed by atoms with Crippen molar-refractivity contribution in [2.75, 3.05) is 19.6 Å². The molecular weight excluding hydrogens is 286 g/mol. The molecule has 2 rings (SSSR count). The topological polar surface area (TPSA) is 29.5 Å². The highest BCUT2D eigenvalue weighted by Crippen LogP contribution is 2.23. The van der Waals surface area contributed by atoms with Crippen LogP contribution in [0.25, 0.3) is 0 Å². The predicted octanol–water partition coefficient (Wildman–Crippen LogP) is 4.32. The summed E-state index contributed by atoms with van der Waals surface area (Å²) in [5.74, 6) is -0.265. The summed E-state index contributed by atoms with van der Waals surface area (Å²) in [6.07, 6.45) is 0.578. The third kappa shape index (κ3) is 5.22. The fourth-order valence-corrected chi connectivity index (χ4v) is 2.57. The first-order chi connectivity index (χ1) is 11.2. The number of esters is 1. The molecule has 0 heterocycles. The first kappa shape index (κ1) is 17.2. The summed E-state index contributed by atoms with van der Waals surface area (Å²) in [5, 5.41) is 0. The van der Waals surface area contributed by atoms with E-state index in [1.165, 1.54) is 0 Å². The van der Waals surface area contributed by atoms with Crippen LogP contribution in [0.2, 0.25) is 0 Å². The molecule has 2 aromatic rings. The van der Waals surface area contributed by atoms with E-state index in [-0.39, 0.29) is 12.1 Å². The summed E-state index contributed by atoms with van der Waals surface area (Å²) in [6, 6.07) is 19.1. The van der Waals surface area contributed by atoms with Gasteiger partial charge in [-0.2, -0.15) is 0 Å². The van der Waals surface area contributed by atoms with E-state index in [2.05, 4.69) is 18.7 Å². The van der Waals surface area contributed by atoms with Crippen LogP contribution in [0.1, 0.15) is 42.3 Å². The molecule has 0 saturated heterocycles. The van der Waals surface area contributed by atoms with Crippen LogP contribution in [0.15, 0.2) is 60.7 Å². The summed E-state index contributed by atoms with van der Waals surface area (Å²) in [4.78, 5) is 14.7. The van der Waals surface area contributed by atoms with Gasteiger partial charge in [-0.05, 0) is 30.8 Å². The van der Waals surface area contributed by atoms with Crippen LogP contribution in [0.5, 0.6) is 0 Å². The molecule has 0 amide bonds. The average molecular weight is 311 g/mol. The fraction of sp³-hybridized carbons (Fsp3) is 0.350. The van der Waals surface area contributed by atoms with E-state index in [1.54, 1.807) is 12.1 Å². The molecule has 23 heavy (non-hydrogen) atoms. The molecule has 0 aliphatic heterocycles. The van der Waals surface area contributed by atoms with Crippen molar-refractivity contribution in [1.29, 1.82) is 0 Å². The van der Waals surface area contributed by atoms with Gasteiger partial charge in [0.25, 0.3) is 0 Å². The number of carbonyl (C=O) groups is 1. The van der Waals surface area contributed by atoms with Gasteiger partial charge in [-0.25, -0.2) is 4.79 Å². The zero-order valence-electron chi connectivity index (χ0n) is 13.9. The van der Waals surface area contributed by atoms with E-state index in [4.69, 9.17) is 4.74 Å². The summed E-state index contributed by atoms with van der Waals surface area (Å²) in [5.41, 5.74) is 1.64. The summed E-state index contributed by atoms with van der Waals surface area (Å²) < 4.78 is 5.80. The SMILES string of the molecule is CCN(CC)CC[C@H](OC(=O)c1ccccc1)c1ccccc1. The Kier molecular flexibility index (Phi) is 6.82. The third-order valence-electron chi connectivity index (χ3n) is 4.03. The van der Waals surface area contributed by atoms with E-state index in [1.807, 2.05) is 48.5 Å². The van der Waals surface area contributed by atoms with Crippen LogP contribution in [0.4, 0.5) is 0 Å². The third-order valence-corrected chi connectivity index (χ3v) is 4.03. The molecule has 0 bridgehead atoms. The van der Waals surface area contributed by atoms with Gasteiger partial charge in [-0.1, -0.05) is 62.4 Å². The number of rotatable bonds is 8.